The zero-order valence-electron chi connectivity index (χ0n) is 10.6. The van der Waals surface area contributed by atoms with Crippen molar-refractivity contribution >= 4 is 16.0 Å². The number of hydrogen-bond acceptors (Lipinski definition) is 5. The molecule has 0 aromatic carbocycles. The van der Waals surface area contributed by atoms with Crippen molar-refractivity contribution in [2.75, 3.05) is 39.7 Å². The first-order chi connectivity index (χ1) is 7.94. The summed E-state index contributed by atoms with van der Waals surface area (Å²) in [4.78, 5) is 10.8. The van der Waals surface area contributed by atoms with Crippen LogP contribution in [-0.4, -0.2) is 58.4 Å². The number of rotatable bonds is 9. The Labute approximate surface area is 103 Å². The van der Waals surface area contributed by atoms with Crippen LogP contribution in [0.1, 0.15) is 19.8 Å². The first-order valence-electron chi connectivity index (χ1n) is 5.52. The van der Waals surface area contributed by atoms with Gasteiger partial charge in [0.1, 0.15) is 0 Å². The van der Waals surface area contributed by atoms with Crippen LogP contribution in [-0.2, 0) is 24.3 Å². The van der Waals surface area contributed by atoms with Crippen molar-refractivity contribution in [3.8, 4) is 0 Å². The molecule has 0 aromatic rings. The predicted octanol–water partition coefficient (Wildman–Crippen LogP) is 0.238. The first-order valence-corrected chi connectivity index (χ1v) is 7.13. The van der Waals surface area contributed by atoms with Gasteiger partial charge >= 0.3 is 5.97 Å². The Morgan fingerprint density at radius 1 is 1.35 bits per heavy atom. The van der Waals surface area contributed by atoms with Crippen LogP contribution in [0.4, 0.5) is 0 Å². The molecular formula is C10H21NO5S. The third kappa shape index (κ3) is 7.30. The van der Waals surface area contributed by atoms with E-state index in [-0.39, 0.29) is 18.6 Å². The summed E-state index contributed by atoms with van der Waals surface area (Å²) in [5.74, 6) is -0.442. The number of carbonyl (C=O) groups is 1. The summed E-state index contributed by atoms with van der Waals surface area (Å²) in [6.07, 6.45) is 0.392. The van der Waals surface area contributed by atoms with Gasteiger partial charge in [-0.15, -0.1) is 0 Å². The monoisotopic (exact) mass is 267 g/mol. The molecule has 0 spiro atoms. The minimum absolute atomic E-state index is 0.0509. The highest BCUT2D eigenvalue weighted by Crippen LogP contribution is 2.03. The largest absolute Gasteiger partial charge is 0.469 e. The van der Waals surface area contributed by atoms with Crippen LogP contribution >= 0.6 is 0 Å². The molecular weight excluding hydrogens is 246 g/mol. The lowest BCUT2D eigenvalue weighted by Gasteiger charge is -2.16. The minimum Gasteiger partial charge on any atom is -0.469 e. The van der Waals surface area contributed by atoms with Crippen molar-refractivity contribution in [3.05, 3.63) is 0 Å². The fourth-order valence-electron chi connectivity index (χ4n) is 1.13. The highest BCUT2D eigenvalue weighted by atomic mass is 32.2. The molecule has 0 amide bonds. The minimum atomic E-state index is -3.30. The Hall–Kier alpha value is -0.660. The van der Waals surface area contributed by atoms with E-state index in [9.17, 15) is 13.2 Å². The number of hydrogen-bond donors (Lipinski definition) is 0. The van der Waals surface area contributed by atoms with E-state index < -0.39 is 16.0 Å². The topological polar surface area (TPSA) is 72.9 Å². The molecule has 0 heterocycles. The molecule has 0 saturated heterocycles. The highest BCUT2D eigenvalue weighted by molar-refractivity contribution is 7.89. The Morgan fingerprint density at radius 2 is 2.00 bits per heavy atom. The molecule has 6 nitrogen and oxygen atoms in total. The normalized spacial score (nSPS) is 11.8. The van der Waals surface area contributed by atoms with Crippen molar-refractivity contribution in [1.82, 2.24) is 4.31 Å². The lowest BCUT2D eigenvalue weighted by Crippen LogP contribution is -2.32. The van der Waals surface area contributed by atoms with Crippen LogP contribution in [0.3, 0.4) is 0 Å². The molecule has 0 atom stereocenters. The predicted molar refractivity (Wildman–Crippen MR) is 64.2 cm³/mol. The summed E-state index contributed by atoms with van der Waals surface area (Å²) in [5, 5.41) is 0. The van der Waals surface area contributed by atoms with Gasteiger partial charge in [-0.2, -0.15) is 0 Å². The second-order valence-electron chi connectivity index (χ2n) is 3.51. The summed E-state index contributed by atoms with van der Waals surface area (Å²) in [6, 6.07) is 0. The van der Waals surface area contributed by atoms with Crippen molar-refractivity contribution in [3.63, 3.8) is 0 Å². The van der Waals surface area contributed by atoms with Gasteiger partial charge in [-0.3, -0.25) is 4.79 Å². The maximum atomic E-state index is 11.7. The van der Waals surface area contributed by atoms with Crippen LogP contribution < -0.4 is 0 Å². The molecule has 0 rings (SSSR count). The van der Waals surface area contributed by atoms with Crippen LogP contribution in [0, 0.1) is 0 Å². The molecule has 0 N–H and O–H groups in total. The number of esters is 1. The summed E-state index contributed by atoms with van der Waals surface area (Å²) in [6.45, 7) is 3.12. The average Bonchev–Trinajstić information content (AvgIpc) is 2.28. The summed E-state index contributed by atoms with van der Waals surface area (Å²) >= 11 is 0. The molecule has 102 valence electrons. The van der Waals surface area contributed by atoms with Crippen LogP contribution in [0.2, 0.25) is 0 Å². The molecule has 0 fully saturated rings. The van der Waals surface area contributed by atoms with E-state index in [4.69, 9.17) is 4.74 Å². The lowest BCUT2D eigenvalue weighted by atomic mass is 10.3. The number of carbonyl (C=O) groups excluding carboxylic acids is 1. The number of likely N-dealkylation sites (N-methyl/N-ethyl adjacent to an activating group) is 1. The molecule has 0 unspecified atom stereocenters. The van der Waals surface area contributed by atoms with E-state index in [1.807, 2.05) is 6.92 Å². The number of nitrogens with zero attached hydrogens (tertiary/aromatic N) is 1. The SMILES string of the molecule is CCOCCN(C)S(=O)(=O)CCCC(=O)OC. The average molecular weight is 267 g/mol. The third-order valence-electron chi connectivity index (χ3n) is 2.24. The number of sulfonamides is 1. The van der Waals surface area contributed by atoms with Gasteiger partial charge in [-0.1, -0.05) is 0 Å². The smallest absolute Gasteiger partial charge is 0.305 e. The molecule has 0 aliphatic heterocycles. The van der Waals surface area contributed by atoms with Gasteiger partial charge in [0, 0.05) is 26.6 Å². The molecule has 0 radical (unpaired) electrons. The van der Waals surface area contributed by atoms with Gasteiger partial charge in [0.15, 0.2) is 0 Å². The van der Waals surface area contributed by atoms with Gasteiger partial charge in [0.25, 0.3) is 0 Å². The molecule has 0 bridgehead atoms. The van der Waals surface area contributed by atoms with Gasteiger partial charge in [0.05, 0.1) is 19.5 Å². The third-order valence-corrected chi connectivity index (χ3v) is 4.18. The van der Waals surface area contributed by atoms with Crippen molar-refractivity contribution in [2.24, 2.45) is 0 Å². The summed E-state index contributed by atoms with van der Waals surface area (Å²) < 4.78 is 34.2. The highest BCUT2D eigenvalue weighted by Gasteiger charge is 2.17. The van der Waals surface area contributed by atoms with E-state index in [1.54, 1.807) is 0 Å². The fourth-order valence-corrected chi connectivity index (χ4v) is 2.31. The lowest BCUT2D eigenvalue weighted by molar-refractivity contribution is -0.140. The standard InChI is InChI=1S/C10H21NO5S/c1-4-16-8-7-11(2)17(13,14)9-5-6-10(12)15-3/h4-9H2,1-3H3. The first kappa shape index (κ1) is 16.3. The van der Waals surface area contributed by atoms with Crippen LogP contribution in [0.25, 0.3) is 0 Å². The van der Waals surface area contributed by atoms with Gasteiger partial charge in [-0.05, 0) is 13.3 Å². The Bertz CT molecular complexity index is 315. The molecule has 0 aliphatic rings. The molecule has 0 aliphatic carbocycles. The zero-order valence-corrected chi connectivity index (χ0v) is 11.5. The van der Waals surface area contributed by atoms with Crippen molar-refractivity contribution in [1.29, 1.82) is 0 Å². The Kier molecular flexibility index (Phi) is 8.11. The van der Waals surface area contributed by atoms with Crippen molar-refractivity contribution < 1.29 is 22.7 Å². The van der Waals surface area contributed by atoms with Crippen LogP contribution in [0.15, 0.2) is 0 Å². The number of methoxy groups -OCH3 is 1. The molecule has 7 heteroatoms. The zero-order chi connectivity index (χ0) is 13.3. The quantitative estimate of drug-likeness (QED) is 0.442. The van der Waals surface area contributed by atoms with Gasteiger partial charge < -0.3 is 9.47 Å². The second-order valence-corrected chi connectivity index (χ2v) is 5.71. The van der Waals surface area contributed by atoms with E-state index in [1.165, 1.54) is 18.5 Å². The summed E-state index contributed by atoms with van der Waals surface area (Å²) in [5.41, 5.74) is 0. The Balaban J connectivity index is 3.96. The maximum absolute atomic E-state index is 11.7. The molecule has 17 heavy (non-hydrogen) atoms. The number of ether oxygens (including phenoxy) is 2. The van der Waals surface area contributed by atoms with E-state index in [2.05, 4.69) is 4.74 Å². The van der Waals surface area contributed by atoms with Crippen molar-refractivity contribution in [2.45, 2.75) is 19.8 Å². The second kappa shape index (κ2) is 8.43. The van der Waals surface area contributed by atoms with Crippen LogP contribution in [0.5, 0.6) is 0 Å². The van der Waals surface area contributed by atoms with E-state index in [0.29, 0.717) is 19.8 Å². The van der Waals surface area contributed by atoms with Gasteiger partial charge in [-0.25, -0.2) is 12.7 Å². The maximum Gasteiger partial charge on any atom is 0.305 e. The summed E-state index contributed by atoms with van der Waals surface area (Å²) in [7, 11) is -0.510. The molecule has 0 aromatic heterocycles. The Morgan fingerprint density at radius 3 is 2.53 bits per heavy atom. The fraction of sp³-hybridized carbons (Fsp3) is 0.900. The molecule has 0 saturated carbocycles. The van der Waals surface area contributed by atoms with E-state index in [0.717, 1.165) is 0 Å². The van der Waals surface area contributed by atoms with E-state index >= 15 is 0 Å². The van der Waals surface area contributed by atoms with Gasteiger partial charge in [0.2, 0.25) is 10.0 Å².